The zero-order valence-corrected chi connectivity index (χ0v) is 20.4. The SMILES string of the molecule is CCOc1ccc(NS(=O)(=O)c2cc(C(=O)N3CCN(c4ccc(C)cc4C)CC3)n[nH]2)cc1. The third-order valence-electron chi connectivity index (χ3n) is 5.74. The van der Waals surface area contributed by atoms with Crippen LogP contribution in [0.3, 0.4) is 0 Å². The van der Waals surface area contributed by atoms with Crippen LogP contribution in [0.15, 0.2) is 53.6 Å². The summed E-state index contributed by atoms with van der Waals surface area (Å²) >= 11 is 0. The number of amides is 1. The molecule has 2 N–H and O–H groups in total. The highest BCUT2D eigenvalue weighted by atomic mass is 32.2. The topological polar surface area (TPSA) is 108 Å². The number of H-pyrrole nitrogens is 1. The predicted octanol–water partition coefficient (Wildman–Crippen LogP) is 3.19. The predicted molar refractivity (Wildman–Crippen MR) is 131 cm³/mol. The fourth-order valence-corrected chi connectivity index (χ4v) is 5.01. The number of aromatic nitrogens is 2. The van der Waals surface area contributed by atoms with Gasteiger partial charge < -0.3 is 14.5 Å². The second kappa shape index (κ2) is 9.76. The molecule has 1 saturated heterocycles. The van der Waals surface area contributed by atoms with Gasteiger partial charge >= 0.3 is 0 Å². The van der Waals surface area contributed by atoms with Crippen molar-refractivity contribution in [1.82, 2.24) is 15.1 Å². The van der Waals surface area contributed by atoms with Gasteiger partial charge in [-0.1, -0.05) is 17.7 Å². The summed E-state index contributed by atoms with van der Waals surface area (Å²) in [7, 11) is -3.92. The number of benzene rings is 2. The molecule has 2 heterocycles. The molecule has 1 fully saturated rings. The van der Waals surface area contributed by atoms with Crippen LogP contribution in [0.25, 0.3) is 0 Å². The van der Waals surface area contributed by atoms with Crippen molar-refractivity contribution in [3.05, 3.63) is 65.4 Å². The van der Waals surface area contributed by atoms with Crippen molar-refractivity contribution < 1.29 is 17.9 Å². The van der Waals surface area contributed by atoms with E-state index < -0.39 is 10.0 Å². The smallest absolute Gasteiger partial charge is 0.278 e. The van der Waals surface area contributed by atoms with Crippen molar-refractivity contribution in [2.75, 3.05) is 42.4 Å². The van der Waals surface area contributed by atoms with Crippen molar-refractivity contribution in [2.24, 2.45) is 0 Å². The highest BCUT2D eigenvalue weighted by Crippen LogP contribution is 2.23. The second-order valence-electron chi connectivity index (χ2n) is 8.25. The molecule has 0 unspecified atom stereocenters. The summed E-state index contributed by atoms with van der Waals surface area (Å²) in [5, 5.41) is 6.28. The van der Waals surface area contributed by atoms with Crippen molar-refractivity contribution in [2.45, 2.75) is 25.8 Å². The van der Waals surface area contributed by atoms with Crippen LogP contribution in [0.1, 0.15) is 28.5 Å². The number of ether oxygens (including phenoxy) is 1. The van der Waals surface area contributed by atoms with Gasteiger partial charge in [0.05, 0.1) is 6.61 Å². The summed E-state index contributed by atoms with van der Waals surface area (Å²) in [4.78, 5) is 16.9. The third kappa shape index (κ3) is 5.17. The number of rotatable bonds is 7. The van der Waals surface area contributed by atoms with E-state index in [-0.39, 0.29) is 16.6 Å². The van der Waals surface area contributed by atoms with Crippen LogP contribution in [-0.4, -0.2) is 62.2 Å². The maximum absolute atomic E-state index is 12.9. The van der Waals surface area contributed by atoms with Crippen LogP contribution >= 0.6 is 0 Å². The van der Waals surface area contributed by atoms with Gasteiger partial charge in [0.2, 0.25) is 0 Å². The zero-order chi connectivity index (χ0) is 24.3. The summed E-state index contributed by atoms with van der Waals surface area (Å²) < 4.78 is 33.3. The molecular weight excluding hydrogens is 454 g/mol. The maximum atomic E-state index is 12.9. The summed E-state index contributed by atoms with van der Waals surface area (Å²) in [6.45, 7) is 9.02. The van der Waals surface area contributed by atoms with Crippen LogP contribution in [0.5, 0.6) is 5.75 Å². The zero-order valence-electron chi connectivity index (χ0n) is 19.5. The number of hydrogen-bond acceptors (Lipinski definition) is 6. The third-order valence-corrected chi connectivity index (χ3v) is 7.03. The minimum atomic E-state index is -3.92. The maximum Gasteiger partial charge on any atom is 0.278 e. The lowest BCUT2D eigenvalue weighted by atomic mass is 10.1. The number of nitrogens with one attached hydrogen (secondary N) is 2. The average Bonchev–Trinajstić information content (AvgIpc) is 3.32. The largest absolute Gasteiger partial charge is 0.494 e. The van der Waals surface area contributed by atoms with Crippen LogP contribution in [0.2, 0.25) is 0 Å². The van der Waals surface area contributed by atoms with E-state index in [4.69, 9.17) is 4.74 Å². The van der Waals surface area contributed by atoms with Gasteiger partial charge in [-0.3, -0.25) is 14.6 Å². The minimum Gasteiger partial charge on any atom is -0.494 e. The minimum absolute atomic E-state index is 0.0760. The molecule has 3 aromatic rings. The van der Waals surface area contributed by atoms with Gasteiger partial charge in [0.25, 0.3) is 15.9 Å². The highest BCUT2D eigenvalue weighted by molar-refractivity contribution is 7.92. The van der Waals surface area contributed by atoms with Crippen molar-refractivity contribution in [3.63, 3.8) is 0 Å². The quantitative estimate of drug-likeness (QED) is 0.534. The van der Waals surface area contributed by atoms with E-state index in [0.717, 1.165) is 0 Å². The summed E-state index contributed by atoms with van der Waals surface area (Å²) in [6.07, 6.45) is 0. The lowest BCUT2D eigenvalue weighted by molar-refractivity contribution is 0.0741. The average molecular weight is 484 g/mol. The second-order valence-corrected chi connectivity index (χ2v) is 9.90. The normalized spacial score (nSPS) is 14.2. The van der Waals surface area contributed by atoms with Gasteiger partial charge in [-0.05, 0) is 56.7 Å². The Labute approximate surface area is 199 Å². The first-order chi connectivity index (χ1) is 16.3. The van der Waals surface area contributed by atoms with Gasteiger partial charge in [0.1, 0.15) is 5.75 Å². The number of carbonyl (C=O) groups is 1. The number of aryl methyl sites for hydroxylation is 2. The molecule has 1 aromatic heterocycles. The lowest BCUT2D eigenvalue weighted by Gasteiger charge is -2.36. The Morgan fingerprint density at radius 1 is 1.06 bits per heavy atom. The number of anilines is 2. The molecule has 1 aliphatic heterocycles. The van der Waals surface area contributed by atoms with E-state index in [9.17, 15) is 13.2 Å². The van der Waals surface area contributed by atoms with E-state index >= 15 is 0 Å². The van der Waals surface area contributed by atoms with Crippen molar-refractivity contribution in [3.8, 4) is 5.75 Å². The Kier molecular flexibility index (Phi) is 6.78. The van der Waals surface area contributed by atoms with Crippen LogP contribution in [-0.2, 0) is 10.0 Å². The van der Waals surface area contributed by atoms with Gasteiger partial charge in [-0.25, -0.2) is 0 Å². The van der Waals surface area contributed by atoms with E-state index in [2.05, 4.69) is 51.9 Å². The summed E-state index contributed by atoms with van der Waals surface area (Å²) in [5.74, 6) is 0.358. The van der Waals surface area contributed by atoms with Crippen molar-refractivity contribution in [1.29, 1.82) is 0 Å². The molecule has 1 aliphatic rings. The molecule has 0 aliphatic carbocycles. The Hall–Kier alpha value is -3.53. The molecule has 0 radical (unpaired) electrons. The number of aromatic amines is 1. The van der Waals surface area contributed by atoms with Crippen LogP contribution in [0.4, 0.5) is 11.4 Å². The molecule has 4 rings (SSSR count). The molecule has 0 bridgehead atoms. The molecule has 9 nitrogen and oxygen atoms in total. The first-order valence-electron chi connectivity index (χ1n) is 11.2. The lowest BCUT2D eigenvalue weighted by Crippen LogP contribution is -2.49. The van der Waals surface area contributed by atoms with E-state index in [1.807, 2.05) is 6.92 Å². The first kappa shape index (κ1) is 23.6. The molecule has 180 valence electrons. The number of nitrogens with zero attached hydrogens (tertiary/aromatic N) is 3. The van der Waals surface area contributed by atoms with Gasteiger partial charge in [0, 0.05) is 43.6 Å². The molecule has 0 atom stereocenters. The van der Waals surface area contributed by atoms with Gasteiger partial charge in [-0.2, -0.15) is 13.5 Å². The number of carbonyl (C=O) groups excluding carboxylic acids is 1. The Balaban J connectivity index is 1.39. The Morgan fingerprint density at radius 3 is 2.41 bits per heavy atom. The number of sulfonamides is 1. The number of hydrogen-bond donors (Lipinski definition) is 2. The summed E-state index contributed by atoms with van der Waals surface area (Å²) in [6, 6.07) is 14.2. The molecule has 1 amide bonds. The van der Waals surface area contributed by atoms with Crippen LogP contribution < -0.4 is 14.4 Å². The van der Waals surface area contributed by atoms with E-state index in [1.165, 1.54) is 22.9 Å². The molecular formula is C24H29N5O4S. The van der Waals surface area contributed by atoms with E-state index in [1.54, 1.807) is 29.2 Å². The first-order valence-corrected chi connectivity index (χ1v) is 12.7. The molecule has 0 spiro atoms. The van der Waals surface area contributed by atoms with Crippen molar-refractivity contribution >= 4 is 27.3 Å². The van der Waals surface area contributed by atoms with Crippen LogP contribution in [0, 0.1) is 13.8 Å². The molecule has 34 heavy (non-hydrogen) atoms. The molecule has 10 heteroatoms. The fourth-order valence-electron chi connectivity index (χ4n) is 4.02. The molecule has 2 aromatic carbocycles. The summed E-state index contributed by atoms with van der Waals surface area (Å²) in [5.41, 5.74) is 4.06. The van der Waals surface area contributed by atoms with Gasteiger partial charge in [0.15, 0.2) is 10.7 Å². The molecule has 0 saturated carbocycles. The number of piperazine rings is 1. The standard InChI is InChI=1S/C24H29N5O4S/c1-4-33-20-8-6-19(7-9-20)27-34(31,32)23-16-21(25-26-23)24(30)29-13-11-28(12-14-29)22-10-5-17(2)15-18(22)3/h5-10,15-16,27H,4,11-14H2,1-3H3,(H,25,26). The van der Waals surface area contributed by atoms with Gasteiger partial charge in [-0.15, -0.1) is 0 Å². The Bertz CT molecular complexity index is 1260. The van der Waals surface area contributed by atoms with E-state index in [0.29, 0.717) is 44.2 Å². The fraction of sp³-hybridized carbons (Fsp3) is 0.333. The monoisotopic (exact) mass is 483 g/mol. The Morgan fingerprint density at radius 2 is 1.76 bits per heavy atom. The highest BCUT2D eigenvalue weighted by Gasteiger charge is 2.26.